The lowest BCUT2D eigenvalue weighted by atomic mass is 10.3. The van der Waals surface area contributed by atoms with Crippen molar-refractivity contribution in [1.82, 2.24) is 4.98 Å². The Bertz CT molecular complexity index is 390. The van der Waals surface area contributed by atoms with Crippen LogP contribution in [0.4, 0.5) is 5.13 Å². The van der Waals surface area contributed by atoms with Gasteiger partial charge in [-0.2, -0.15) is 0 Å². The minimum atomic E-state index is -0.0861. The highest BCUT2D eigenvalue weighted by molar-refractivity contribution is 7.14. The van der Waals surface area contributed by atoms with E-state index >= 15 is 0 Å². The molecule has 0 unspecified atom stereocenters. The summed E-state index contributed by atoms with van der Waals surface area (Å²) in [6.07, 6.45) is 3.77. The standard InChI is InChI=1S/C12H17ClN2OS/c1-2-5-15(7-9-3-4-9)12-14-10(8-17-12)11(16)6-13/h8-9H,2-7H2,1H3. The van der Waals surface area contributed by atoms with E-state index in [9.17, 15) is 4.79 Å². The zero-order valence-electron chi connectivity index (χ0n) is 9.99. The molecule has 0 amide bonds. The molecular weight excluding hydrogens is 256 g/mol. The maximum atomic E-state index is 11.4. The number of alkyl halides is 1. The fourth-order valence-electron chi connectivity index (χ4n) is 1.75. The molecule has 5 heteroatoms. The number of anilines is 1. The fourth-order valence-corrected chi connectivity index (χ4v) is 2.76. The van der Waals surface area contributed by atoms with Crippen LogP contribution in [0, 0.1) is 5.92 Å². The number of Topliss-reactive ketones (excluding diaryl/α,β-unsaturated/α-hetero) is 1. The van der Waals surface area contributed by atoms with Crippen LogP contribution in [0.5, 0.6) is 0 Å². The molecule has 0 N–H and O–H groups in total. The minimum Gasteiger partial charge on any atom is -0.348 e. The molecule has 0 bridgehead atoms. The SMILES string of the molecule is CCCN(CC1CC1)c1nc(C(=O)CCl)cs1. The maximum absolute atomic E-state index is 11.4. The first kappa shape index (κ1) is 12.8. The summed E-state index contributed by atoms with van der Waals surface area (Å²) in [6.45, 7) is 4.26. The maximum Gasteiger partial charge on any atom is 0.196 e. The van der Waals surface area contributed by atoms with E-state index in [4.69, 9.17) is 11.6 Å². The van der Waals surface area contributed by atoms with Gasteiger partial charge in [0.25, 0.3) is 0 Å². The van der Waals surface area contributed by atoms with Crippen molar-refractivity contribution in [3.05, 3.63) is 11.1 Å². The molecule has 3 nitrogen and oxygen atoms in total. The average Bonchev–Trinajstić information content (AvgIpc) is 3.02. The largest absolute Gasteiger partial charge is 0.348 e. The summed E-state index contributed by atoms with van der Waals surface area (Å²) in [5, 5.41) is 2.78. The van der Waals surface area contributed by atoms with Gasteiger partial charge in [-0.15, -0.1) is 22.9 Å². The second kappa shape index (κ2) is 5.83. The van der Waals surface area contributed by atoms with E-state index in [1.165, 1.54) is 12.8 Å². The molecule has 0 aromatic carbocycles. The summed E-state index contributed by atoms with van der Waals surface area (Å²) in [5.74, 6) is 0.759. The Morgan fingerprint density at radius 3 is 3.00 bits per heavy atom. The number of carbonyl (C=O) groups is 1. The molecule has 1 heterocycles. The molecule has 1 aromatic heterocycles. The van der Waals surface area contributed by atoms with Gasteiger partial charge in [0, 0.05) is 18.5 Å². The first-order chi connectivity index (χ1) is 8.24. The van der Waals surface area contributed by atoms with Gasteiger partial charge in [-0.1, -0.05) is 6.92 Å². The Kier molecular flexibility index (Phi) is 4.40. The number of hydrogen-bond donors (Lipinski definition) is 0. The number of carbonyl (C=O) groups excluding carboxylic acids is 1. The van der Waals surface area contributed by atoms with Crippen molar-refractivity contribution in [2.45, 2.75) is 26.2 Å². The lowest BCUT2D eigenvalue weighted by Gasteiger charge is -2.20. The fraction of sp³-hybridized carbons (Fsp3) is 0.667. The van der Waals surface area contributed by atoms with Crippen LogP contribution in [0.2, 0.25) is 0 Å². The molecule has 2 rings (SSSR count). The Morgan fingerprint density at radius 1 is 1.65 bits per heavy atom. The predicted octanol–water partition coefficient (Wildman–Crippen LogP) is 3.19. The van der Waals surface area contributed by atoms with Gasteiger partial charge in [-0.25, -0.2) is 4.98 Å². The summed E-state index contributed by atoms with van der Waals surface area (Å²) in [4.78, 5) is 18.1. The molecule has 0 saturated heterocycles. The number of halogens is 1. The number of thiazole rings is 1. The smallest absolute Gasteiger partial charge is 0.196 e. The zero-order valence-corrected chi connectivity index (χ0v) is 11.6. The van der Waals surface area contributed by atoms with Gasteiger partial charge in [0.15, 0.2) is 10.9 Å². The molecule has 1 fully saturated rings. The number of aromatic nitrogens is 1. The van der Waals surface area contributed by atoms with Crippen molar-refractivity contribution in [3.8, 4) is 0 Å². The van der Waals surface area contributed by atoms with Crippen LogP contribution in [0.1, 0.15) is 36.7 Å². The highest BCUT2D eigenvalue weighted by Gasteiger charge is 2.25. The quantitative estimate of drug-likeness (QED) is 0.565. The van der Waals surface area contributed by atoms with Crippen LogP contribution in [0.15, 0.2) is 5.38 Å². The monoisotopic (exact) mass is 272 g/mol. The van der Waals surface area contributed by atoms with Crippen LogP contribution in [0.25, 0.3) is 0 Å². The molecule has 1 aliphatic rings. The molecule has 0 atom stereocenters. The second-order valence-corrected chi connectivity index (χ2v) is 5.57. The number of rotatable bonds is 7. The van der Waals surface area contributed by atoms with E-state index in [0.29, 0.717) is 5.69 Å². The predicted molar refractivity (Wildman–Crippen MR) is 72.4 cm³/mol. The topological polar surface area (TPSA) is 33.2 Å². The third-order valence-electron chi connectivity index (χ3n) is 2.84. The Labute approximate surface area is 111 Å². The lowest BCUT2D eigenvalue weighted by molar-refractivity contribution is 0.101. The second-order valence-electron chi connectivity index (χ2n) is 4.46. The van der Waals surface area contributed by atoms with Crippen molar-refractivity contribution >= 4 is 33.9 Å². The summed E-state index contributed by atoms with van der Waals surface area (Å²) in [7, 11) is 0. The number of ketones is 1. The van der Waals surface area contributed by atoms with Gasteiger partial charge in [0.2, 0.25) is 0 Å². The van der Waals surface area contributed by atoms with Gasteiger partial charge >= 0.3 is 0 Å². The highest BCUT2D eigenvalue weighted by atomic mass is 35.5. The van der Waals surface area contributed by atoms with Crippen molar-refractivity contribution in [2.24, 2.45) is 5.92 Å². The third-order valence-corrected chi connectivity index (χ3v) is 3.98. The van der Waals surface area contributed by atoms with Crippen LogP contribution in [-0.2, 0) is 0 Å². The first-order valence-corrected chi connectivity index (χ1v) is 7.45. The molecule has 0 radical (unpaired) electrons. The molecule has 94 valence electrons. The van der Waals surface area contributed by atoms with E-state index < -0.39 is 0 Å². The summed E-state index contributed by atoms with van der Waals surface area (Å²) < 4.78 is 0. The van der Waals surface area contributed by atoms with Crippen molar-refractivity contribution < 1.29 is 4.79 Å². The Morgan fingerprint density at radius 2 is 2.41 bits per heavy atom. The normalized spacial score (nSPS) is 14.9. The lowest BCUT2D eigenvalue weighted by Crippen LogP contribution is -2.26. The zero-order chi connectivity index (χ0) is 12.3. The van der Waals surface area contributed by atoms with Gasteiger partial charge in [-0.3, -0.25) is 4.79 Å². The number of hydrogen-bond acceptors (Lipinski definition) is 4. The van der Waals surface area contributed by atoms with Crippen LogP contribution in [-0.4, -0.2) is 29.7 Å². The van der Waals surface area contributed by atoms with Gasteiger partial charge in [-0.05, 0) is 25.2 Å². The molecule has 1 aromatic rings. The van der Waals surface area contributed by atoms with Crippen molar-refractivity contribution in [3.63, 3.8) is 0 Å². The molecule has 0 spiro atoms. The van der Waals surface area contributed by atoms with E-state index in [0.717, 1.165) is 30.6 Å². The van der Waals surface area contributed by atoms with Gasteiger partial charge in [0.1, 0.15) is 5.69 Å². The van der Waals surface area contributed by atoms with Gasteiger partial charge < -0.3 is 4.90 Å². The third kappa shape index (κ3) is 3.42. The van der Waals surface area contributed by atoms with Crippen molar-refractivity contribution in [2.75, 3.05) is 23.9 Å². The first-order valence-electron chi connectivity index (χ1n) is 6.04. The van der Waals surface area contributed by atoms with E-state index in [1.807, 2.05) is 5.38 Å². The number of nitrogens with zero attached hydrogens (tertiary/aromatic N) is 2. The molecule has 17 heavy (non-hydrogen) atoms. The molecular formula is C12H17ClN2OS. The van der Waals surface area contributed by atoms with Crippen molar-refractivity contribution in [1.29, 1.82) is 0 Å². The van der Waals surface area contributed by atoms with E-state index in [2.05, 4.69) is 16.8 Å². The summed E-state index contributed by atoms with van der Waals surface area (Å²) in [5.41, 5.74) is 0.511. The average molecular weight is 273 g/mol. The van der Waals surface area contributed by atoms with Gasteiger partial charge in [0.05, 0.1) is 5.88 Å². The van der Waals surface area contributed by atoms with Crippen LogP contribution < -0.4 is 4.90 Å². The Hall–Kier alpha value is -0.610. The Balaban J connectivity index is 2.05. The minimum absolute atomic E-state index is 0.0135. The molecule has 0 aliphatic heterocycles. The van der Waals surface area contributed by atoms with Crippen LogP contribution >= 0.6 is 22.9 Å². The highest BCUT2D eigenvalue weighted by Crippen LogP contribution is 2.32. The summed E-state index contributed by atoms with van der Waals surface area (Å²) >= 11 is 7.08. The van der Waals surface area contributed by atoms with E-state index in [1.54, 1.807) is 11.3 Å². The van der Waals surface area contributed by atoms with Crippen LogP contribution in [0.3, 0.4) is 0 Å². The van der Waals surface area contributed by atoms with E-state index in [-0.39, 0.29) is 11.7 Å². The summed E-state index contributed by atoms with van der Waals surface area (Å²) in [6, 6.07) is 0. The molecule has 1 aliphatic carbocycles. The molecule has 1 saturated carbocycles.